The summed E-state index contributed by atoms with van der Waals surface area (Å²) < 4.78 is 10.8. The molecule has 0 atom stereocenters. The van der Waals surface area contributed by atoms with Crippen LogP contribution in [0.3, 0.4) is 0 Å². The Kier molecular flexibility index (Phi) is 6.85. The van der Waals surface area contributed by atoms with Gasteiger partial charge in [0, 0.05) is 11.1 Å². The number of nitrogens with one attached hydrogen (secondary N) is 1. The third-order valence-corrected chi connectivity index (χ3v) is 5.85. The Morgan fingerprint density at radius 1 is 0.839 bits per heavy atom. The summed E-state index contributed by atoms with van der Waals surface area (Å²) in [5.74, 6) is 1.47. The van der Waals surface area contributed by atoms with Gasteiger partial charge in [-0.3, -0.25) is 4.79 Å². The van der Waals surface area contributed by atoms with Crippen LogP contribution in [0.15, 0.2) is 84.9 Å². The van der Waals surface area contributed by atoms with Crippen LogP contribution in [0.5, 0.6) is 11.5 Å². The van der Waals surface area contributed by atoms with Gasteiger partial charge in [-0.05, 0) is 24.3 Å². The van der Waals surface area contributed by atoms with E-state index in [1.807, 2.05) is 29.2 Å². The number of benzene rings is 3. The van der Waals surface area contributed by atoms with Gasteiger partial charge >= 0.3 is 0 Å². The van der Waals surface area contributed by atoms with Crippen molar-refractivity contribution in [3.05, 3.63) is 96.1 Å². The van der Waals surface area contributed by atoms with Gasteiger partial charge in [-0.25, -0.2) is 0 Å². The maximum atomic E-state index is 12.7. The summed E-state index contributed by atoms with van der Waals surface area (Å²) in [6.45, 7) is 3.33. The van der Waals surface area contributed by atoms with Crippen molar-refractivity contribution in [2.45, 2.75) is 6.04 Å². The lowest BCUT2D eigenvalue weighted by molar-refractivity contribution is -0.929. The molecule has 1 aliphatic heterocycles. The highest BCUT2D eigenvalue weighted by molar-refractivity contribution is 5.77. The van der Waals surface area contributed by atoms with E-state index < -0.39 is 0 Å². The second-order valence-corrected chi connectivity index (χ2v) is 7.76. The van der Waals surface area contributed by atoms with Crippen molar-refractivity contribution in [1.82, 2.24) is 4.90 Å². The fourth-order valence-electron chi connectivity index (χ4n) is 4.20. The predicted octanol–water partition coefficient (Wildman–Crippen LogP) is 2.59. The molecule has 3 aromatic rings. The first-order valence-corrected chi connectivity index (χ1v) is 10.7. The Bertz CT molecular complexity index is 913. The molecule has 5 heteroatoms. The first-order chi connectivity index (χ1) is 15.2. The monoisotopic (exact) mass is 417 g/mol. The number of carbonyl (C=O) groups excluding carboxylic acids is 1. The van der Waals surface area contributed by atoms with E-state index in [0.29, 0.717) is 5.75 Å². The van der Waals surface area contributed by atoms with Crippen molar-refractivity contribution in [2.75, 3.05) is 39.9 Å². The molecule has 3 aromatic carbocycles. The standard InChI is InChI=1S/C26H28N2O3/c1-30-23-12-14-24(15-13-23)31-20-25(29)27-16-18-28(19-17-27)26(21-8-4-2-5-9-21)22-10-6-3-7-11-22/h2-15,26H,16-20H2,1H3/p+1. The topological polar surface area (TPSA) is 43.2 Å². The molecule has 0 aliphatic carbocycles. The third-order valence-electron chi connectivity index (χ3n) is 5.85. The summed E-state index contributed by atoms with van der Waals surface area (Å²) >= 11 is 0. The molecule has 1 heterocycles. The number of rotatable bonds is 7. The Labute approximate surface area is 183 Å². The van der Waals surface area contributed by atoms with E-state index in [4.69, 9.17) is 9.47 Å². The van der Waals surface area contributed by atoms with Crippen LogP contribution in [0.4, 0.5) is 0 Å². The van der Waals surface area contributed by atoms with E-state index >= 15 is 0 Å². The molecule has 1 saturated heterocycles. The highest BCUT2D eigenvalue weighted by atomic mass is 16.5. The summed E-state index contributed by atoms with van der Waals surface area (Å²) in [6, 6.07) is 28.9. The quantitative estimate of drug-likeness (QED) is 0.643. The van der Waals surface area contributed by atoms with Crippen molar-refractivity contribution in [3.63, 3.8) is 0 Å². The molecule has 0 saturated carbocycles. The molecule has 5 nitrogen and oxygen atoms in total. The number of nitrogens with zero attached hydrogens (tertiary/aromatic N) is 1. The summed E-state index contributed by atoms with van der Waals surface area (Å²) in [6.07, 6.45) is 0. The molecule has 0 bridgehead atoms. The van der Waals surface area contributed by atoms with Crippen molar-refractivity contribution in [2.24, 2.45) is 0 Å². The lowest BCUT2D eigenvalue weighted by Gasteiger charge is -2.37. The number of methoxy groups -OCH3 is 1. The number of hydrogen-bond acceptors (Lipinski definition) is 3. The minimum atomic E-state index is 0.0332. The molecule has 1 aliphatic rings. The molecular formula is C26H29N2O3+. The Hall–Kier alpha value is -3.31. The average Bonchev–Trinajstić information content (AvgIpc) is 2.85. The smallest absolute Gasteiger partial charge is 0.260 e. The van der Waals surface area contributed by atoms with E-state index in [2.05, 4.69) is 60.7 Å². The van der Waals surface area contributed by atoms with Crippen LogP contribution in [0.2, 0.25) is 0 Å². The van der Waals surface area contributed by atoms with Crippen molar-refractivity contribution in [1.29, 1.82) is 0 Å². The average molecular weight is 418 g/mol. The van der Waals surface area contributed by atoms with Gasteiger partial charge in [0.1, 0.15) is 17.5 Å². The zero-order valence-electron chi connectivity index (χ0n) is 17.9. The highest BCUT2D eigenvalue weighted by Gasteiger charge is 2.31. The van der Waals surface area contributed by atoms with Crippen LogP contribution in [-0.4, -0.2) is 50.7 Å². The molecule has 0 radical (unpaired) electrons. The number of piperazine rings is 1. The minimum Gasteiger partial charge on any atom is -0.497 e. The lowest BCUT2D eigenvalue weighted by Crippen LogP contribution is -3.15. The van der Waals surface area contributed by atoms with Crippen molar-refractivity contribution in [3.8, 4) is 11.5 Å². The Morgan fingerprint density at radius 2 is 1.35 bits per heavy atom. The molecule has 0 aromatic heterocycles. The van der Waals surface area contributed by atoms with Crippen molar-refractivity contribution < 1.29 is 19.2 Å². The number of hydrogen-bond donors (Lipinski definition) is 1. The van der Waals surface area contributed by atoms with E-state index in [1.54, 1.807) is 7.11 Å². The van der Waals surface area contributed by atoms with Gasteiger partial charge in [-0.15, -0.1) is 0 Å². The third kappa shape index (κ3) is 5.25. The molecule has 31 heavy (non-hydrogen) atoms. The molecule has 4 rings (SSSR count). The van der Waals surface area contributed by atoms with E-state index in [9.17, 15) is 4.79 Å². The second-order valence-electron chi connectivity index (χ2n) is 7.76. The molecule has 1 N–H and O–H groups in total. The van der Waals surface area contributed by atoms with Crippen LogP contribution in [0.25, 0.3) is 0 Å². The number of carbonyl (C=O) groups is 1. The SMILES string of the molecule is COc1ccc(OCC(=O)N2CC[NH+](C(c3ccccc3)c3ccccc3)CC2)cc1. The number of quaternary nitrogens is 1. The van der Waals surface area contributed by atoms with Gasteiger partial charge in [0.25, 0.3) is 5.91 Å². The molecule has 1 fully saturated rings. The van der Waals surface area contributed by atoms with Crippen LogP contribution >= 0.6 is 0 Å². The zero-order chi connectivity index (χ0) is 21.5. The van der Waals surface area contributed by atoms with E-state index in [0.717, 1.165) is 31.9 Å². The highest BCUT2D eigenvalue weighted by Crippen LogP contribution is 2.20. The van der Waals surface area contributed by atoms with Crippen LogP contribution in [-0.2, 0) is 4.79 Å². The van der Waals surface area contributed by atoms with Crippen LogP contribution in [0.1, 0.15) is 17.2 Å². The van der Waals surface area contributed by atoms with Gasteiger partial charge in [0.2, 0.25) is 0 Å². The normalized spacial score (nSPS) is 14.5. The summed E-state index contributed by atoms with van der Waals surface area (Å²) in [4.78, 5) is 16.1. The first-order valence-electron chi connectivity index (χ1n) is 10.7. The molecule has 160 valence electrons. The van der Waals surface area contributed by atoms with Crippen LogP contribution in [0, 0.1) is 0 Å². The Morgan fingerprint density at radius 3 is 1.87 bits per heavy atom. The van der Waals surface area contributed by atoms with Gasteiger partial charge < -0.3 is 19.3 Å². The van der Waals surface area contributed by atoms with E-state index in [1.165, 1.54) is 16.0 Å². The van der Waals surface area contributed by atoms with Gasteiger partial charge in [0.05, 0.1) is 33.3 Å². The first kappa shape index (κ1) is 20.9. The summed E-state index contributed by atoms with van der Waals surface area (Å²) in [7, 11) is 1.63. The lowest BCUT2D eigenvalue weighted by atomic mass is 9.96. The molecule has 0 spiro atoms. The van der Waals surface area contributed by atoms with Gasteiger partial charge in [-0.1, -0.05) is 60.7 Å². The van der Waals surface area contributed by atoms with Crippen LogP contribution < -0.4 is 14.4 Å². The zero-order valence-corrected chi connectivity index (χ0v) is 17.9. The van der Waals surface area contributed by atoms with Gasteiger partial charge in [0.15, 0.2) is 6.61 Å². The summed E-state index contributed by atoms with van der Waals surface area (Å²) in [5, 5.41) is 0. The van der Waals surface area contributed by atoms with Crippen molar-refractivity contribution >= 4 is 5.91 Å². The molecule has 0 unspecified atom stereocenters. The summed E-state index contributed by atoms with van der Waals surface area (Å²) in [5.41, 5.74) is 2.62. The molecular weight excluding hydrogens is 388 g/mol. The number of ether oxygens (including phenoxy) is 2. The van der Waals surface area contributed by atoms with Gasteiger partial charge in [-0.2, -0.15) is 0 Å². The maximum Gasteiger partial charge on any atom is 0.260 e. The number of amides is 1. The maximum absolute atomic E-state index is 12.7. The predicted molar refractivity (Wildman–Crippen MR) is 120 cm³/mol. The second kappa shape index (κ2) is 10.1. The molecule has 1 amide bonds. The Balaban J connectivity index is 1.36. The fraction of sp³-hybridized carbons (Fsp3) is 0.269. The largest absolute Gasteiger partial charge is 0.497 e. The fourth-order valence-corrected chi connectivity index (χ4v) is 4.20. The minimum absolute atomic E-state index is 0.0332. The van der Waals surface area contributed by atoms with E-state index in [-0.39, 0.29) is 18.6 Å².